The minimum absolute atomic E-state index is 0.446. The third kappa shape index (κ3) is 2.27. The maximum atomic E-state index is 5.55. The second-order valence-electron chi connectivity index (χ2n) is 6.38. The molecule has 1 aliphatic heterocycles. The van der Waals surface area contributed by atoms with Crippen molar-refractivity contribution in [1.82, 2.24) is 15.5 Å². The van der Waals surface area contributed by atoms with Crippen LogP contribution in [-0.2, 0) is 6.42 Å². The first-order chi connectivity index (χ1) is 10.3. The largest absolute Gasteiger partial charge is 0.339 e. The number of hydrogen-bond donors (Lipinski definition) is 1. The highest BCUT2D eigenvalue weighted by atomic mass is 16.5. The zero-order chi connectivity index (χ0) is 14.3. The summed E-state index contributed by atoms with van der Waals surface area (Å²) in [5.74, 6) is 2.05. The molecule has 1 spiro atoms. The first-order valence-electron chi connectivity index (χ1n) is 7.94. The topological polar surface area (TPSA) is 51.0 Å². The molecule has 2 aliphatic rings. The van der Waals surface area contributed by atoms with E-state index in [9.17, 15) is 0 Å². The number of hydrogen-bond acceptors (Lipinski definition) is 4. The number of nitrogens with one attached hydrogen (secondary N) is 1. The lowest BCUT2D eigenvalue weighted by molar-refractivity contribution is 0.311. The van der Waals surface area contributed by atoms with Gasteiger partial charge in [0.2, 0.25) is 11.7 Å². The predicted molar refractivity (Wildman–Crippen MR) is 81.0 cm³/mol. The maximum Gasteiger partial charge on any atom is 0.230 e. The molecule has 0 bridgehead atoms. The molecule has 0 radical (unpaired) electrons. The minimum atomic E-state index is 0.446. The Balaban J connectivity index is 1.53. The van der Waals surface area contributed by atoms with Crippen LogP contribution in [0.25, 0.3) is 11.4 Å². The zero-order valence-electron chi connectivity index (χ0n) is 12.4. The van der Waals surface area contributed by atoms with E-state index in [1.54, 1.807) is 0 Å². The molecule has 1 unspecified atom stereocenters. The monoisotopic (exact) mass is 283 g/mol. The minimum Gasteiger partial charge on any atom is -0.339 e. The summed E-state index contributed by atoms with van der Waals surface area (Å²) in [6.45, 7) is 4.40. The Bertz CT molecular complexity index is 626. The smallest absolute Gasteiger partial charge is 0.230 e. The van der Waals surface area contributed by atoms with Crippen LogP contribution in [0.4, 0.5) is 0 Å². The van der Waals surface area contributed by atoms with Crippen molar-refractivity contribution in [2.24, 2.45) is 5.41 Å². The van der Waals surface area contributed by atoms with E-state index in [4.69, 9.17) is 4.52 Å². The van der Waals surface area contributed by atoms with Gasteiger partial charge in [-0.3, -0.25) is 0 Å². The fourth-order valence-corrected chi connectivity index (χ4v) is 3.56. The Hall–Kier alpha value is -1.68. The molecule has 0 amide bonds. The van der Waals surface area contributed by atoms with Crippen molar-refractivity contribution < 1.29 is 4.52 Å². The first kappa shape index (κ1) is 13.0. The molecule has 110 valence electrons. The summed E-state index contributed by atoms with van der Waals surface area (Å²) in [6.07, 6.45) is 4.74. The Morgan fingerprint density at radius 2 is 2.00 bits per heavy atom. The van der Waals surface area contributed by atoms with Crippen molar-refractivity contribution >= 4 is 0 Å². The average molecular weight is 283 g/mol. The molecule has 21 heavy (non-hydrogen) atoms. The summed E-state index contributed by atoms with van der Waals surface area (Å²) in [5, 5.41) is 7.61. The second-order valence-corrected chi connectivity index (χ2v) is 6.38. The van der Waals surface area contributed by atoms with Gasteiger partial charge in [-0.1, -0.05) is 36.3 Å². The molecule has 4 nitrogen and oxygen atoms in total. The van der Waals surface area contributed by atoms with Gasteiger partial charge in [-0.2, -0.15) is 4.98 Å². The summed E-state index contributed by atoms with van der Waals surface area (Å²) in [4.78, 5) is 4.65. The van der Waals surface area contributed by atoms with Crippen molar-refractivity contribution in [3.8, 4) is 11.4 Å². The Kier molecular flexibility index (Phi) is 3.07. The lowest BCUT2D eigenvalue weighted by Gasteiger charge is -2.22. The van der Waals surface area contributed by atoms with Crippen LogP contribution in [0.5, 0.6) is 0 Å². The molecule has 1 N–H and O–H groups in total. The number of nitrogens with zero attached hydrogens (tertiary/aromatic N) is 2. The van der Waals surface area contributed by atoms with Crippen LogP contribution in [0.15, 0.2) is 28.8 Å². The first-order valence-corrected chi connectivity index (χ1v) is 7.94. The highest BCUT2D eigenvalue weighted by molar-refractivity contribution is 5.54. The number of piperidine rings is 1. The molecule has 2 heterocycles. The number of rotatable bonds is 3. The van der Waals surface area contributed by atoms with Crippen LogP contribution in [0.3, 0.4) is 0 Å². The van der Waals surface area contributed by atoms with E-state index in [-0.39, 0.29) is 0 Å². The van der Waals surface area contributed by atoms with Crippen molar-refractivity contribution in [3.05, 3.63) is 35.7 Å². The van der Waals surface area contributed by atoms with Gasteiger partial charge in [0.25, 0.3) is 0 Å². The van der Waals surface area contributed by atoms with Gasteiger partial charge in [-0.05, 0) is 49.8 Å². The fraction of sp³-hybridized carbons (Fsp3) is 0.529. The fourth-order valence-electron chi connectivity index (χ4n) is 3.56. The Morgan fingerprint density at radius 1 is 1.24 bits per heavy atom. The van der Waals surface area contributed by atoms with Gasteiger partial charge in [-0.15, -0.1) is 0 Å². The van der Waals surface area contributed by atoms with E-state index in [0.717, 1.165) is 36.8 Å². The van der Waals surface area contributed by atoms with Crippen LogP contribution < -0.4 is 5.32 Å². The normalized spacial score (nSPS) is 23.4. The third-order valence-electron chi connectivity index (χ3n) is 5.15. The predicted octanol–water partition coefficient (Wildman–Crippen LogP) is 3.16. The van der Waals surface area contributed by atoms with Crippen LogP contribution in [0.2, 0.25) is 0 Å². The summed E-state index contributed by atoms with van der Waals surface area (Å²) in [5.41, 5.74) is 2.82. The van der Waals surface area contributed by atoms with Gasteiger partial charge >= 0.3 is 0 Å². The average Bonchev–Trinajstić information content (AvgIpc) is 3.01. The zero-order valence-corrected chi connectivity index (χ0v) is 12.4. The van der Waals surface area contributed by atoms with Gasteiger partial charge in [0.15, 0.2) is 0 Å². The summed E-state index contributed by atoms with van der Waals surface area (Å²) in [6, 6.07) is 8.44. The molecule has 2 aromatic rings. The quantitative estimate of drug-likeness (QED) is 0.940. The molecular weight excluding hydrogens is 262 g/mol. The van der Waals surface area contributed by atoms with Crippen LogP contribution in [-0.4, -0.2) is 23.2 Å². The Labute approximate surface area is 124 Å². The van der Waals surface area contributed by atoms with E-state index in [2.05, 4.69) is 46.6 Å². The molecule has 1 aromatic heterocycles. The van der Waals surface area contributed by atoms with Crippen molar-refractivity contribution in [2.75, 3.05) is 13.1 Å². The molecule has 4 rings (SSSR count). The maximum absolute atomic E-state index is 5.55. The van der Waals surface area contributed by atoms with Crippen LogP contribution in [0.1, 0.15) is 43.6 Å². The highest BCUT2D eigenvalue weighted by Gasteiger charge is 2.57. The molecule has 2 fully saturated rings. The number of aryl methyl sites for hydroxylation is 1. The summed E-state index contributed by atoms with van der Waals surface area (Å²) in [7, 11) is 0. The Morgan fingerprint density at radius 3 is 2.71 bits per heavy atom. The molecule has 1 atom stereocenters. The third-order valence-corrected chi connectivity index (χ3v) is 5.15. The van der Waals surface area contributed by atoms with Crippen molar-refractivity contribution in [1.29, 1.82) is 0 Å². The van der Waals surface area contributed by atoms with Gasteiger partial charge in [0.1, 0.15) is 0 Å². The van der Waals surface area contributed by atoms with Gasteiger partial charge in [0.05, 0.1) is 0 Å². The lowest BCUT2D eigenvalue weighted by atomic mass is 9.92. The molecule has 1 aliphatic carbocycles. The van der Waals surface area contributed by atoms with Gasteiger partial charge in [0, 0.05) is 11.5 Å². The lowest BCUT2D eigenvalue weighted by Crippen LogP contribution is -2.29. The molecule has 1 saturated carbocycles. The van der Waals surface area contributed by atoms with E-state index >= 15 is 0 Å². The van der Waals surface area contributed by atoms with Crippen LogP contribution >= 0.6 is 0 Å². The second kappa shape index (κ2) is 4.95. The number of benzene rings is 1. The van der Waals surface area contributed by atoms with E-state index < -0.39 is 0 Å². The molecular formula is C17H21N3O. The van der Waals surface area contributed by atoms with Crippen molar-refractivity contribution in [3.63, 3.8) is 0 Å². The van der Waals surface area contributed by atoms with Gasteiger partial charge < -0.3 is 9.84 Å². The van der Waals surface area contributed by atoms with Crippen molar-refractivity contribution in [2.45, 2.75) is 38.5 Å². The molecule has 1 aromatic carbocycles. The van der Waals surface area contributed by atoms with E-state index in [1.807, 2.05) is 0 Å². The molecule has 4 heteroatoms. The highest BCUT2D eigenvalue weighted by Crippen LogP contribution is 2.63. The van der Waals surface area contributed by atoms with Crippen LogP contribution in [0, 0.1) is 5.41 Å². The summed E-state index contributed by atoms with van der Waals surface area (Å²) >= 11 is 0. The molecule has 1 saturated heterocycles. The van der Waals surface area contributed by atoms with E-state index in [1.165, 1.54) is 24.8 Å². The van der Waals surface area contributed by atoms with Gasteiger partial charge in [-0.25, -0.2) is 0 Å². The SMILES string of the molecule is CCc1ccc(-c2noc(C3CC34CCNCC4)n2)cc1. The number of aromatic nitrogens is 2. The van der Waals surface area contributed by atoms with E-state index in [0.29, 0.717) is 11.3 Å². The standard InChI is InChI=1S/C17H21N3O/c1-2-12-3-5-13(6-4-12)15-19-16(21-20-15)14-11-17(14)7-9-18-10-8-17/h3-6,14,18H,2,7-11H2,1H3. The summed E-state index contributed by atoms with van der Waals surface area (Å²) < 4.78 is 5.55.